The second-order valence-corrected chi connectivity index (χ2v) is 16.9. The molecule has 1 fully saturated rings. The maximum atomic E-state index is 12.8. The summed E-state index contributed by atoms with van der Waals surface area (Å²) in [6.07, 6.45) is 24.9. The Balaban J connectivity index is 2.51. The van der Waals surface area contributed by atoms with Crippen LogP contribution < -0.4 is 0 Å². The van der Waals surface area contributed by atoms with Crippen LogP contribution in [0.2, 0.25) is 0 Å². The third-order valence-electron chi connectivity index (χ3n) is 10.2. The van der Waals surface area contributed by atoms with Crippen LogP contribution in [0.4, 0.5) is 0 Å². The van der Waals surface area contributed by atoms with Crippen molar-refractivity contribution in [2.24, 2.45) is 0 Å². The van der Waals surface area contributed by atoms with Gasteiger partial charge in [0.15, 0.2) is 6.10 Å². The van der Waals surface area contributed by atoms with Crippen molar-refractivity contribution in [1.29, 1.82) is 0 Å². The van der Waals surface area contributed by atoms with E-state index in [0.29, 0.717) is 12.8 Å². The zero-order valence-electron chi connectivity index (χ0n) is 35.6. The van der Waals surface area contributed by atoms with Crippen molar-refractivity contribution in [2.45, 2.75) is 217 Å². The highest BCUT2D eigenvalue weighted by atomic mass is 31.2. The monoisotopic (exact) mass is 847 g/mol. The lowest BCUT2D eigenvalue weighted by Crippen LogP contribution is -2.64. The molecule has 1 aliphatic carbocycles. The molecule has 0 aliphatic heterocycles. The molecule has 0 heterocycles. The molecule has 13 nitrogen and oxygen atoms in total. The Morgan fingerprint density at radius 3 is 1.45 bits per heavy atom. The molecule has 6 N–H and O–H groups in total. The average Bonchev–Trinajstić information content (AvgIpc) is 3.20. The Morgan fingerprint density at radius 2 is 0.931 bits per heavy atom. The Hall–Kier alpha value is -1.93. The Bertz CT molecular complexity index is 1160. The molecule has 1 aliphatic rings. The maximum absolute atomic E-state index is 12.8. The number of aliphatic hydroxyl groups is 5. The van der Waals surface area contributed by atoms with Crippen molar-refractivity contribution in [3.8, 4) is 0 Å². The first-order chi connectivity index (χ1) is 27.9. The van der Waals surface area contributed by atoms with E-state index in [2.05, 4.69) is 50.3 Å². The molecule has 0 spiro atoms. The molecule has 0 aromatic rings. The van der Waals surface area contributed by atoms with Gasteiger partial charge in [-0.1, -0.05) is 127 Å². The van der Waals surface area contributed by atoms with Crippen molar-refractivity contribution < 1.29 is 63.1 Å². The number of allylic oxidation sites excluding steroid dienone is 6. The molecule has 0 amide bonds. The van der Waals surface area contributed by atoms with Crippen LogP contribution in [0.1, 0.15) is 174 Å². The Morgan fingerprint density at radius 1 is 0.534 bits per heavy atom. The molecular formula is C44H79O13P. The summed E-state index contributed by atoms with van der Waals surface area (Å²) in [5.41, 5.74) is 0. The van der Waals surface area contributed by atoms with Crippen LogP contribution in [0.25, 0.3) is 0 Å². The van der Waals surface area contributed by atoms with Gasteiger partial charge in [0.2, 0.25) is 0 Å². The summed E-state index contributed by atoms with van der Waals surface area (Å²) in [6.45, 7) is 3.23. The first kappa shape index (κ1) is 54.1. The fourth-order valence-corrected chi connectivity index (χ4v) is 7.52. The van der Waals surface area contributed by atoms with Gasteiger partial charge in [-0.25, -0.2) is 4.57 Å². The van der Waals surface area contributed by atoms with Crippen LogP contribution in [-0.4, -0.2) is 98.3 Å². The minimum absolute atomic E-state index is 0.0800. The van der Waals surface area contributed by atoms with E-state index < -0.39 is 75.7 Å². The number of unbranched alkanes of at least 4 members (excludes halogenated alkanes) is 18. The van der Waals surface area contributed by atoms with E-state index in [9.17, 15) is 44.6 Å². The molecule has 1 rings (SSSR count). The lowest BCUT2D eigenvalue weighted by atomic mass is 9.85. The van der Waals surface area contributed by atoms with Gasteiger partial charge in [0.25, 0.3) is 0 Å². The minimum atomic E-state index is -5.12. The average molecular weight is 847 g/mol. The summed E-state index contributed by atoms with van der Waals surface area (Å²) in [5, 5.41) is 50.1. The molecule has 0 aromatic heterocycles. The van der Waals surface area contributed by atoms with Crippen LogP contribution >= 0.6 is 7.82 Å². The van der Waals surface area contributed by atoms with E-state index in [-0.39, 0.29) is 12.8 Å². The summed E-state index contributed by atoms with van der Waals surface area (Å²) in [7, 11) is -5.12. The predicted molar refractivity (Wildman–Crippen MR) is 226 cm³/mol. The number of hydrogen-bond donors (Lipinski definition) is 6. The van der Waals surface area contributed by atoms with Crippen molar-refractivity contribution in [3.05, 3.63) is 36.5 Å². The number of esters is 2. The number of hydrogen-bond acceptors (Lipinski definition) is 12. The summed E-state index contributed by atoms with van der Waals surface area (Å²) >= 11 is 0. The van der Waals surface area contributed by atoms with Crippen molar-refractivity contribution in [3.63, 3.8) is 0 Å². The van der Waals surface area contributed by atoms with E-state index in [0.717, 1.165) is 64.2 Å². The van der Waals surface area contributed by atoms with Crippen LogP contribution in [0.3, 0.4) is 0 Å². The van der Waals surface area contributed by atoms with Crippen LogP contribution in [-0.2, 0) is 32.7 Å². The third kappa shape index (κ3) is 27.0. The summed E-state index contributed by atoms with van der Waals surface area (Å²) in [5.74, 6) is -1.15. The van der Waals surface area contributed by atoms with E-state index in [1.807, 2.05) is 0 Å². The highest BCUT2D eigenvalue weighted by Crippen LogP contribution is 2.47. The van der Waals surface area contributed by atoms with E-state index in [4.69, 9.17) is 18.5 Å². The molecule has 8 atom stereocenters. The van der Waals surface area contributed by atoms with Crippen LogP contribution in [0, 0.1) is 0 Å². The largest absolute Gasteiger partial charge is 0.472 e. The molecule has 0 bridgehead atoms. The summed E-state index contributed by atoms with van der Waals surface area (Å²) in [6, 6.07) is 0. The maximum Gasteiger partial charge on any atom is 0.472 e. The first-order valence-corrected chi connectivity index (χ1v) is 23.8. The fraction of sp³-hybridized carbons (Fsp3) is 0.818. The van der Waals surface area contributed by atoms with Gasteiger partial charge in [-0.3, -0.25) is 18.6 Å². The molecule has 58 heavy (non-hydrogen) atoms. The van der Waals surface area contributed by atoms with Crippen LogP contribution in [0.15, 0.2) is 36.5 Å². The highest BCUT2D eigenvalue weighted by molar-refractivity contribution is 7.47. The number of carbonyl (C=O) groups is 2. The number of rotatable bonds is 36. The van der Waals surface area contributed by atoms with Crippen molar-refractivity contribution >= 4 is 19.8 Å². The zero-order valence-corrected chi connectivity index (χ0v) is 36.5. The second kappa shape index (κ2) is 34.7. The van der Waals surface area contributed by atoms with E-state index in [1.54, 1.807) is 0 Å². The molecule has 338 valence electrons. The molecular weight excluding hydrogens is 767 g/mol. The van der Waals surface area contributed by atoms with Gasteiger partial charge in [-0.2, -0.15) is 0 Å². The van der Waals surface area contributed by atoms with Gasteiger partial charge in [0.1, 0.15) is 43.2 Å². The highest BCUT2D eigenvalue weighted by Gasteiger charge is 2.51. The first-order valence-electron chi connectivity index (χ1n) is 22.3. The number of phosphoric ester groups is 1. The van der Waals surface area contributed by atoms with Crippen molar-refractivity contribution in [2.75, 3.05) is 13.2 Å². The normalized spacial score (nSPS) is 22.8. The lowest BCUT2D eigenvalue weighted by Gasteiger charge is -2.41. The van der Waals surface area contributed by atoms with Crippen LogP contribution in [0.5, 0.6) is 0 Å². The number of carbonyl (C=O) groups excluding carboxylic acids is 2. The molecule has 6 unspecified atom stereocenters. The van der Waals surface area contributed by atoms with E-state index >= 15 is 0 Å². The number of ether oxygens (including phenoxy) is 2. The molecule has 1 saturated carbocycles. The topological polar surface area (TPSA) is 210 Å². The smallest absolute Gasteiger partial charge is 0.462 e. The van der Waals surface area contributed by atoms with Gasteiger partial charge in [-0.05, 0) is 70.6 Å². The predicted octanol–water partition coefficient (Wildman–Crippen LogP) is 8.22. The Kier molecular flexibility index (Phi) is 32.4. The molecule has 0 aromatic carbocycles. The SMILES string of the molecule is CCCCCCC/C=C/CCCCCCCC(=O)O[C@@H](COC(=O)CCCC/C=C/C/C=C/CCCCCCCC)COP(=O)(O)OC1C(O)C(O)C(O)[C@H](O)C1O. The third-order valence-corrected chi connectivity index (χ3v) is 11.2. The van der Waals surface area contributed by atoms with Gasteiger partial charge in [-0.15, -0.1) is 0 Å². The lowest BCUT2D eigenvalue weighted by molar-refractivity contribution is -0.220. The zero-order chi connectivity index (χ0) is 42.9. The quantitative estimate of drug-likeness (QED) is 0.0152. The van der Waals surface area contributed by atoms with Gasteiger partial charge >= 0.3 is 19.8 Å². The summed E-state index contributed by atoms with van der Waals surface area (Å²) < 4.78 is 33.4. The second-order valence-electron chi connectivity index (χ2n) is 15.5. The van der Waals surface area contributed by atoms with Gasteiger partial charge in [0.05, 0.1) is 6.61 Å². The molecule has 0 saturated heterocycles. The number of aliphatic hydroxyl groups excluding tert-OH is 5. The standard InChI is InChI=1S/C44H79O13P/c1-3-5-7-9-11-13-15-17-19-21-22-24-26-28-30-32-37(45)54-34-36(35-55-58(52,53)57-44-42(50)40(48)39(47)41(49)43(44)51)56-38(46)33-31-29-27-25-23-20-18-16-14-12-10-8-6-4-2/h16-19,22,24,36,39-44,47-51H,3-15,20-21,23,25-35H2,1-2H3,(H,52,53)/b18-16+,19-17+,24-22+/t36-,39?,40-,41?,42?,43?,44?/m0/s1. The minimum Gasteiger partial charge on any atom is -0.462 e. The van der Waals surface area contributed by atoms with E-state index in [1.165, 1.54) is 70.6 Å². The Labute approximate surface area is 348 Å². The molecule has 0 radical (unpaired) electrons. The number of phosphoric acid groups is 1. The molecule has 14 heteroatoms. The van der Waals surface area contributed by atoms with Crippen molar-refractivity contribution in [1.82, 2.24) is 0 Å². The van der Waals surface area contributed by atoms with Gasteiger partial charge in [0, 0.05) is 12.8 Å². The summed E-state index contributed by atoms with van der Waals surface area (Å²) in [4.78, 5) is 35.6. The fourth-order valence-electron chi connectivity index (χ4n) is 6.55. The van der Waals surface area contributed by atoms with Gasteiger partial charge < -0.3 is 39.9 Å².